The molecule has 0 amide bonds. The predicted molar refractivity (Wildman–Crippen MR) is 76.4 cm³/mol. The summed E-state index contributed by atoms with van der Waals surface area (Å²) >= 11 is 5.98. The molecule has 0 spiro atoms. The summed E-state index contributed by atoms with van der Waals surface area (Å²) in [6.07, 6.45) is 2.44. The fraction of sp³-hybridized carbons (Fsp3) is 0.0667. The molecule has 0 saturated heterocycles. The van der Waals surface area contributed by atoms with Gasteiger partial charge in [0.05, 0.1) is 5.52 Å². The smallest absolute Gasteiger partial charge is 0.121 e. The number of fused-ring (bicyclic) bond motifs is 3. The molecule has 0 aliphatic heterocycles. The van der Waals surface area contributed by atoms with E-state index in [-0.39, 0.29) is 0 Å². The molecule has 1 aromatic heterocycles. The Kier molecular flexibility index (Phi) is 2.53. The van der Waals surface area contributed by atoms with E-state index in [0.717, 1.165) is 27.4 Å². The quantitative estimate of drug-likeness (QED) is 0.656. The number of phenolic OH excluding ortho intramolecular Hbond substituents is 1. The van der Waals surface area contributed by atoms with Crippen molar-refractivity contribution in [2.24, 2.45) is 0 Å². The van der Waals surface area contributed by atoms with Gasteiger partial charge in [-0.25, -0.2) is 0 Å². The van der Waals surface area contributed by atoms with E-state index in [1.807, 2.05) is 24.3 Å². The van der Waals surface area contributed by atoms with Crippen LogP contribution in [0.4, 0.5) is 0 Å². The molecule has 0 aliphatic rings. The molecular weight excluding hydrogens is 246 g/mol. The normalized spacial score (nSPS) is 11.2. The molecule has 0 unspecified atom stereocenters. The van der Waals surface area contributed by atoms with Crippen molar-refractivity contribution in [2.75, 3.05) is 0 Å². The molecule has 0 saturated carbocycles. The van der Waals surface area contributed by atoms with E-state index in [1.165, 1.54) is 0 Å². The topological polar surface area (TPSA) is 36.0 Å². The number of allylic oxidation sites excluding steroid dienone is 1. The van der Waals surface area contributed by atoms with Crippen molar-refractivity contribution in [3.8, 4) is 5.75 Å². The highest BCUT2D eigenvalue weighted by molar-refractivity contribution is 6.31. The zero-order valence-corrected chi connectivity index (χ0v) is 10.5. The van der Waals surface area contributed by atoms with Crippen molar-refractivity contribution in [1.82, 2.24) is 4.98 Å². The van der Waals surface area contributed by atoms with Crippen LogP contribution in [0.2, 0.25) is 5.02 Å². The summed E-state index contributed by atoms with van der Waals surface area (Å²) in [4.78, 5) is 3.26. The van der Waals surface area contributed by atoms with E-state index in [1.54, 1.807) is 12.1 Å². The molecule has 18 heavy (non-hydrogen) atoms. The monoisotopic (exact) mass is 257 g/mol. The summed E-state index contributed by atoms with van der Waals surface area (Å²) in [5.74, 6) is 0.292. The van der Waals surface area contributed by atoms with Gasteiger partial charge in [-0.2, -0.15) is 0 Å². The molecule has 3 heteroatoms. The van der Waals surface area contributed by atoms with Crippen LogP contribution in [0.5, 0.6) is 5.75 Å². The highest BCUT2D eigenvalue weighted by Gasteiger charge is 2.08. The molecular formula is C15H12ClNO. The Hall–Kier alpha value is -1.93. The van der Waals surface area contributed by atoms with Gasteiger partial charge >= 0.3 is 0 Å². The van der Waals surface area contributed by atoms with Crippen molar-refractivity contribution in [2.45, 2.75) is 6.42 Å². The number of hydrogen-bond donors (Lipinski definition) is 2. The van der Waals surface area contributed by atoms with Gasteiger partial charge in [0.15, 0.2) is 0 Å². The van der Waals surface area contributed by atoms with Gasteiger partial charge in [-0.3, -0.25) is 0 Å². The number of aromatic amines is 1. The first-order valence-electron chi connectivity index (χ1n) is 5.73. The molecule has 3 rings (SSSR count). The molecule has 0 bridgehead atoms. The Morgan fingerprint density at radius 2 is 1.94 bits per heavy atom. The lowest BCUT2D eigenvalue weighted by atomic mass is 10.1. The molecule has 2 N–H and O–H groups in total. The summed E-state index contributed by atoms with van der Waals surface area (Å²) < 4.78 is 0. The number of aromatic nitrogens is 1. The number of halogens is 1. The molecule has 90 valence electrons. The molecule has 2 aromatic carbocycles. The number of hydrogen-bond acceptors (Lipinski definition) is 1. The van der Waals surface area contributed by atoms with Crippen molar-refractivity contribution in [1.29, 1.82) is 0 Å². The average Bonchev–Trinajstić information content (AvgIpc) is 2.66. The summed E-state index contributed by atoms with van der Waals surface area (Å²) in [5.41, 5.74) is 2.78. The van der Waals surface area contributed by atoms with Crippen LogP contribution in [0.1, 0.15) is 5.56 Å². The van der Waals surface area contributed by atoms with Crippen LogP contribution in [-0.4, -0.2) is 10.1 Å². The van der Waals surface area contributed by atoms with E-state index >= 15 is 0 Å². The minimum Gasteiger partial charge on any atom is -0.508 e. The Morgan fingerprint density at radius 1 is 1.17 bits per heavy atom. The van der Waals surface area contributed by atoms with Gasteiger partial charge in [0.25, 0.3) is 0 Å². The first-order valence-corrected chi connectivity index (χ1v) is 6.10. The van der Waals surface area contributed by atoms with Gasteiger partial charge in [0.1, 0.15) is 5.75 Å². The first kappa shape index (κ1) is 11.2. The fourth-order valence-electron chi connectivity index (χ4n) is 2.28. The SMILES string of the molecule is C=CCc1cc2c(cc1O)[nH]c1cc(Cl)ccc12. The molecule has 1 heterocycles. The maximum Gasteiger partial charge on any atom is 0.121 e. The van der Waals surface area contributed by atoms with Crippen molar-refractivity contribution >= 4 is 33.4 Å². The van der Waals surface area contributed by atoms with E-state index < -0.39 is 0 Å². The minimum atomic E-state index is 0.292. The summed E-state index contributed by atoms with van der Waals surface area (Å²) in [7, 11) is 0. The Labute approximate surface area is 110 Å². The molecule has 0 fully saturated rings. The van der Waals surface area contributed by atoms with Crippen LogP contribution in [0.15, 0.2) is 43.0 Å². The maximum absolute atomic E-state index is 9.93. The zero-order valence-electron chi connectivity index (χ0n) is 9.70. The highest BCUT2D eigenvalue weighted by atomic mass is 35.5. The zero-order chi connectivity index (χ0) is 12.7. The van der Waals surface area contributed by atoms with Gasteiger partial charge in [-0.1, -0.05) is 23.7 Å². The van der Waals surface area contributed by atoms with Crippen LogP contribution >= 0.6 is 11.6 Å². The van der Waals surface area contributed by atoms with E-state index in [9.17, 15) is 5.11 Å². The Morgan fingerprint density at radius 3 is 2.72 bits per heavy atom. The van der Waals surface area contributed by atoms with Gasteiger partial charge in [-0.05, 0) is 30.2 Å². The van der Waals surface area contributed by atoms with Crippen LogP contribution in [0, 0.1) is 0 Å². The molecule has 3 aromatic rings. The number of H-pyrrole nitrogens is 1. The minimum absolute atomic E-state index is 0.292. The van der Waals surface area contributed by atoms with Gasteiger partial charge in [0.2, 0.25) is 0 Å². The lowest BCUT2D eigenvalue weighted by Gasteiger charge is -2.02. The van der Waals surface area contributed by atoms with Crippen LogP contribution in [0.25, 0.3) is 21.8 Å². The fourth-order valence-corrected chi connectivity index (χ4v) is 2.45. The lowest BCUT2D eigenvalue weighted by Crippen LogP contribution is -1.82. The molecule has 0 aliphatic carbocycles. The van der Waals surface area contributed by atoms with E-state index in [0.29, 0.717) is 17.2 Å². The summed E-state index contributed by atoms with van der Waals surface area (Å²) in [6, 6.07) is 9.50. The van der Waals surface area contributed by atoms with Crippen molar-refractivity contribution in [3.05, 3.63) is 53.6 Å². The van der Waals surface area contributed by atoms with Gasteiger partial charge < -0.3 is 10.1 Å². The van der Waals surface area contributed by atoms with E-state index in [2.05, 4.69) is 11.6 Å². The Bertz CT molecular complexity index is 758. The number of nitrogens with one attached hydrogen (secondary N) is 1. The van der Waals surface area contributed by atoms with Crippen molar-refractivity contribution in [3.63, 3.8) is 0 Å². The highest BCUT2D eigenvalue weighted by Crippen LogP contribution is 2.32. The summed E-state index contributed by atoms with van der Waals surface area (Å²) in [6.45, 7) is 3.70. The van der Waals surface area contributed by atoms with Crippen LogP contribution in [-0.2, 0) is 6.42 Å². The van der Waals surface area contributed by atoms with Crippen molar-refractivity contribution < 1.29 is 5.11 Å². The molecule has 0 radical (unpaired) electrons. The third kappa shape index (κ3) is 1.66. The van der Waals surface area contributed by atoms with E-state index in [4.69, 9.17) is 11.6 Å². The maximum atomic E-state index is 9.93. The third-order valence-electron chi connectivity index (χ3n) is 3.12. The lowest BCUT2D eigenvalue weighted by molar-refractivity contribution is 0.470. The second kappa shape index (κ2) is 4.07. The number of aromatic hydroxyl groups is 1. The van der Waals surface area contributed by atoms with Gasteiger partial charge in [-0.15, -0.1) is 6.58 Å². The standard InChI is InChI=1S/C15H12ClNO/c1-2-3-9-6-12-11-5-4-10(16)7-13(11)17-14(12)8-15(9)18/h2,4-8,17-18H,1,3H2. The molecule has 0 atom stereocenters. The predicted octanol–water partition coefficient (Wildman–Crippen LogP) is 4.41. The number of rotatable bonds is 2. The third-order valence-corrected chi connectivity index (χ3v) is 3.36. The second-order valence-corrected chi connectivity index (χ2v) is 4.77. The van der Waals surface area contributed by atoms with Crippen LogP contribution < -0.4 is 0 Å². The Balaban J connectivity index is 2.37. The number of benzene rings is 2. The first-order chi connectivity index (χ1) is 8.69. The van der Waals surface area contributed by atoms with Crippen LogP contribution in [0.3, 0.4) is 0 Å². The second-order valence-electron chi connectivity index (χ2n) is 4.33. The largest absolute Gasteiger partial charge is 0.508 e. The summed E-state index contributed by atoms with van der Waals surface area (Å²) in [5, 5.41) is 12.8. The number of phenols is 1. The average molecular weight is 258 g/mol. The van der Waals surface area contributed by atoms with Gasteiger partial charge in [0, 0.05) is 27.4 Å². The molecule has 2 nitrogen and oxygen atoms in total.